The van der Waals surface area contributed by atoms with Crippen molar-refractivity contribution in [3.63, 3.8) is 0 Å². The first-order valence-corrected chi connectivity index (χ1v) is 5.44. The highest BCUT2D eigenvalue weighted by molar-refractivity contribution is 6.32. The van der Waals surface area contributed by atoms with Crippen LogP contribution in [0.2, 0.25) is 5.02 Å². The summed E-state index contributed by atoms with van der Waals surface area (Å²) in [6.45, 7) is 4.20. The third kappa shape index (κ3) is 3.41. The monoisotopic (exact) mass is 238 g/mol. The Labute approximate surface area is 101 Å². The third-order valence-electron chi connectivity index (χ3n) is 2.23. The first kappa shape index (κ1) is 12.8. The van der Waals surface area contributed by atoms with E-state index in [2.05, 4.69) is 0 Å². The van der Waals surface area contributed by atoms with Crippen molar-refractivity contribution in [3.05, 3.63) is 28.3 Å². The van der Waals surface area contributed by atoms with Gasteiger partial charge in [-0.15, -0.1) is 0 Å². The average molecular weight is 239 g/mol. The molecule has 1 unspecified atom stereocenters. The van der Waals surface area contributed by atoms with E-state index in [0.29, 0.717) is 13.0 Å². The van der Waals surface area contributed by atoms with Gasteiger partial charge < -0.3 is 10.5 Å². The zero-order chi connectivity index (χ0) is 12.1. The summed E-state index contributed by atoms with van der Waals surface area (Å²) in [5.74, 6) is 0.743. The first-order chi connectivity index (χ1) is 7.54. The first-order valence-electron chi connectivity index (χ1n) is 5.06. The van der Waals surface area contributed by atoms with Crippen LogP contribution in [0.4, 0.5) is 0 Å². The van der Waals surface area contributed by atoms with Crippen molar-refractivity contribution < 1.29 is 4.74 Å². The van der Waals surface area contributed by atoms with E-state index in [1.807, 2.05) is 32.0 Å². The summed E-state index contributed by atoms with van der Waals surface area (Å²) in [7, 11) is 0. The largest absolute Gasteiger partial charge is 0.492 e. The summed E-state index contributed by atoms with van der Waals surface area (Å²) in [5, 5.41) is 9.21. The second kappa shape index (κ2) is 5.74. The Kier molecular flexibility index (Phi) is 4.60. The number of hydrogen-bond acceptors (Lipinski definition) is 3. The Balaban J connectivity index is 2.65. The minimum atomic E-state index is -0.249. The second-order valence-corrected chi connectivity index (χ2v) is 4.18. The molecule has 3 nitrogen and oxygen atoms in total. The molecule has 0 saturated heterocycles. The van der Waals surface area contributed by atoms with Gasteiger partial charge in [-0.25, -0.2) is 0 Å². The Bertz CT molecular complexity index is 389. The molecule has 2 N–H and O–H groups in total. The van der Waals surface area contributed by atoms with E-state index in [4.69, 9.17) is 27.3 Å². The van der Waals surface area contributed by atoms with E-state index < -0.39 is 0 Å². The summed E-state index contributed by atoms with van der Waals surface area (Å²) in [4.78, 5) is 0. The van der Waals surface area contributed by atoms with Crippen LogP contribution in [0.1, 0.15) is 17.5 Å². The minimum Gasteiger partial charge on any atom is -0.492 e. The topological polar surface area (TPSA) is 59.0 Å². The number of aryl methyl sites for hydroxylation is 2. The summed E-state index contributed by atoms with van der Waals surface area (Å²) >= 11 is 6.04. The van der Waals surface area contributed by atoms with Gasteiger partial charge in [0.1, 0.15) is 12.4 Å². The molecule has 86 valence electrons. The number of nitrogens with two attached hydrogens (primary N) is 1. The molecule has 1 aromatic carbocycles. The van der Waals surface area contributed by atoms with Gasteiger partial charge in [0.2, 0.25) is 0 Å². The smallest absolute Gasteiger partial charge is 0.120 e. The molecule has 0 aliphatic carbocycles. The predicted octanol–water partition coefficient (Wildman–Crippen LogP) is 2.58. The van der Waals surface area contributed by atoms with Gasteiger partial charge in [0.15, 0.2) is 0 Å². The van der Waals surface area contributed by atoms with Crippen LogP contribution in [0, 0.1) is 25.2 Å². The lowest BCUT2D eigenvalue weighted by Crippen LogP contribution is -2.27. The quantitative estimate of drug-likeness (QED) is 0.877. The van der Waals surface area contributed by atoms with Crippen LogP contribution in [0.25, 0.3) is 0 Å². The fourth-order valence-corrected chi connectivity index (χ4v) is 1.48. The van der Waals surface area contributed by atoms with Gasteiger partial charge in [-0.1, -0.05) is 11.6 Å². The number of halogens is 1. The summed E-state index contributed by atoms with van der Waals surface area (Å²) < 4.78 is 5.50. The lowest BCUT2D eigenvalue weighted by molar-refractivity contribution is 0.289. The lowest BCUT2D eigenvalue weighted by Gasteiger charge is -2.12. The predicted molar refractivity (Wildman–Crippen MR) is 64.6 cm³/mol. The van der Waals surface area contributed by atoms with Gasteiger partial charge in [0.05, 0.1) is 18.5 Å². The van der Waals surface area contributed by atoms with Crippen LogP contribution in [0.15, 0.2) is 12.1 Å². The van der Waals surface area contributed by atoms with Gasteiger partial charge in [-0.05, 0) is 37.1 Å². The van der Waals surface area contributed by atoms with Crippen molar-refractivity contribution in [2.75, 3.05) is 6.61 Å². The molecule has 0 heterocycles. The Morgan fingerprint density at radius 3 is 2.50 bits per heavy atom. The van der Waals surface area contributed by atoms with E-state index >= 15 is 0 Å². The molecule has 0 aromatic heterocycles. The van der Waals surface area contributed by atoms with E-state index in [-0.39, 0.29) is 6.04 Å². The molecular weight excluding hydrogens is 224 g/mol. The second-order valence-electron chi connectivity index (χ2n) is 3.80. The molecule has 0 saturated carbocycles. The van der Waals surface area contributed by atoms with Crippen molar-refractivity contribution in [1.82, 2.24) is 0 Å². The molecule has 0 spiro atoms. The van der Waals surface area contributed by atoms with Gasteiger partial charge in [-0.3, -0.25) is 0 Å². The maximum Gasteiger partial charge on any atom is 0.120 e. The Morgan fingerprint density at radius 2 is 2.00 bits per heavy atom. The van der Waals surface area contributed by atoms with Crippen LogP contribution < -0.4 is 10.5 Å². The van der Waals surface area contributed by atoms with Crippen molar-refractivity contribution in [3.8, 4) is 11.8 Å². The molecule has 4 heteroatoms. The SMILES string of the molecule is Cc1cc(OCC(N)CC#N)cc(C)c1Cl. The molecule has 0 amide bonds. The van der Waals surface area contributed by atoms with Crippen LogP contribution in [-0.4, -0.2) is 12.6 Å². The highest BCUT2D eigenvalue weighted by atomic mass is 35.5. The average Bonchev–Trinajstić information content (AvgIpc) is 2.23. The van der Waals surface area contributed by atoms with Gasteiger partial charge in [0.25, 0.3) is 0 Å². The number of nitrogens with zero attached hydrogens (tertiary/aromatic N) is 1. The fourth-order valence-electron chi connectivity index (χ4n) is 1.37. The van der Waals surface area contributed by atoms with Crippen LogP contribution in [-0.2, 0) is 0 Å². The standard InChI is InChI=1S/C12H15ClN2O/c1-8-5-11(6-9(2)12(8)13)16-7-10(15)3-4-14/h5-6,10H,3,7,15H2,1-2H3. The number of ether oxygens (including phenoxy) is 1. The normalized spacial score (nSPS) is 11.9. The zero-order valence-corrected chi connectivity index (χ0v) is 10.2. The maximum atomic E-state index is 8.46. The molecular formula is C12H15ClN2O. The summed E-state index contributed by atoms with van der Waals surface area (Å²) in [6.07, 6.45) is 0.297. The zero-order valence-electron chi connectivity index (χ0n) is 9.46. The molecule has 1 rings (SSSR count). The molecule has 0 aliphatic heterocycles. The molecule has 0 aliphatic rings. The molecule has 0 bridgehead atoms. The van der Waals surface area contributed by atoms with Gasteiger partial charge >= 0.3 is 0 Å². The molecule has 16 heavy (non-hydrogen) atoms. The highest BCUT2D eigenvalue weighted by Gasteiger charge is 2.06. The van der Waals surface area contributed by atoms with Gasteiger partial charge in [0, 0.05) is 5.02 Å². The van der Waals surface area contributed by atoms with E-state index in [1.165, 1.54) is 0 Å². The van der Waals surface area contributed by atoms with Crippen molar-refractivity contribution >= 4 is 11.6 Å². The maximum absolute atomic E-state index is 8.46. The Morgan fingerprint density at radius 1 is 1.44 bits per heavy atom. The number of benzene rings is 1. The number of hydrogen-bond donors (Lipinski definition) is 1. The third-order valence-corrected chi connectivity index (χ3v) is 2.82. The minimum absolute atomic E-state index is 0.249. The van der Waals surface area contributed by atoms with Gasteiger partial charge in [-0.2, -0.15) is 5.26 Å². The fraction of sp³-hybridized carbons (Fsp3) is 0.417. The summed E-state index contributed by atoms with van der Waals surface area (Å²) in [6, 6.07) is 5.50. The van der Waals surface area contributed by atoms with Crippen LogP contribution in [0.5, 0.6) is 5.75 Å². The lowest BCUT2D eigenvalue weighted by atomic mass is 10.1. The Hall–Kier alpha value is -1.24. The van der Waals surface area contributed by atoms with Crippen molar-refractivity contribution in [2.45, 2.75) is 26.3 Å². The van der Waals surface area contributed by atoms with E-state index in [0.717, 1.165) is 21.9 Å². The number of nitriles is 1. The van der Waals surface area contributed by atoms with Crippen LogP contribution in [0.3, 0.4) is 0 Å². The molecule has 0 fully saturated rings. The number of rotatable bonds is 4. The van der Waals surface area contributed by atoms with E-state index in [9.17, 15) is 0 Å². The van der Waals surface area contributed by atoms with Crippen LogP contribution >= 0.6 is 11.6 Å². The summed E-state index contributed by atoms with van der Waals surface area (Å²) in [5.41, 5.74) is 7.62. The van der Waals surface area contributed by atoms with Crippen molar-refractivity contribution in [2.24, 2.45) is 5.73 Å². The highest BCUT2D eigenvalue weighted by Crippen LogP contribution is 2.25. The molecule has 1 atom stereocenters. The molecule has 1 aromatic rings. The van der Waals surface area contributed by atoms with Crippen molar-refractivity contribution in [1.29, 1.82) is 5.26 Å². The molecule has 0 radical (unpaired) electrons. The van der Waals surface area contributed by atoms with E-state index in [1.54, 1.807) is 0 Å².